The molecule has 0 saturated carbocycles. The third-order valence-corrected chi connectivity index (χ3v) is 14.8. The summed E-state index contributed by atoms with van der Waals surface area (Å²) in [7, 11) is 4.02. The van der Waals surface area contributed by atoms with E-state index in [0.29, 0.717) is 37.0 Å². The fraction of sp³-hybridized carbons (Fsp3) is 0.947. The summed E-state index contributed by atoms with van der Waals surface area (Å²) in [6.07, 6.45) is 47.2. The Morgan fingerprint density at radius 3 is 1.08 bits per heavy atom. The van der Waals surface area contributed by atoms with Gasteiger partial charge in [-0.05, 0) is 89.1 Å². The standard InChI is InChI=1S/C57H112N4O3/c1-7-11-15-25-37-53(38-26-16-12-8-2)41-35-46-58(5)55(62)43-29-21-19-23-31-50-61(57(64)45-52-60-48-33-34-49-60)51-32-24-20-22-30-44-56(63)59(6)47-36-42-54(39-27-17-13-9-3)40-28-18-14-10-4/h53-54H,7-52H2,1-6H3. The maximum atomic E-state index is 13.4. The Morgan fingerprint density at radius 2 is 0.703 bits per heavy atom. The van der Waals surface area contributed by atoms with E-state index in [1.54, 1.807) is 0 Å². The minimum Gasteiger partial charge on any atom is -0.346 e. The van der Waals surface area contributed by atoms with Crippen molar-refractivity contribution >= 4 is 17.7 Å². The lowest BCUT2D eigenvalue weighted by Gasteiger charge is -2.24. The summed E-state index contributed by atoms with van der Waals surface area (Å²) < 4.78 is 0. The van der Waals surface area contributed by atoms with E-state index in [2.05, 4.69) is 37.5 Å². The molecule has 7 nitrogen and oxygen atoms in total. The molecule has 378 valence electrons. The minimum atomic E-state index is 0.312. The zero-order chi connectivity index (χ0) is 46.7. The molecule has 1 aliphatic heterocycles. The topological polar surface area (TPSA) is 64.2 Å². The van der Waals surface area contributed by atoms with Gasteiger partial charge in [-0.1, -0.05) is 195 Å². The van der Waals surface area contributed by atoms with Gasteiger partial charge < -0.3 is 19.6 Å². The third kappa shape index (κ3) is 34.6. The largest absolute Gasteiger partial charge is 0.346 e. The van der Waals surface area contributed by atoms with Gasteiger partial charge in [0.25, 0.3) is 0 Å². The number of carbonyl (C=O) groups is 3. The Hall–Kier alpha value is -1.63. The van der Waals surface area contributed by atoms with Gasteiger partial charge in [0.05, 0.1) is 0 Å². The summed E-state index contributed by atoms with van der Waals surface area (Å²) in [5.41, 5.74) is 0. The van der Waals surface area contributed by atoms with Crippen molar-refractivity contribution in [1.29, 1.82) is 0 Å². The van der Waals surface area contributed by atoms with Gasteiger partial charge in [0.15, 0.2) is 0 Å². The van der Waals surface area contributed by atoms with E-state index in [4.69, 9.17) is 0 Å². The maximum absolute atomic E-state index is 13.4. The van der Waals surface area contributed by atoms with E-state index in [1.807, 2.05) is 23.9 Å². The van der Waals surface area contributed by atoms with Crippen molar-refractivity contribution in [2.24, 2.45) is 11.8 Å². The minimum absolute atomic E-state index is 0.312. The molecule has 0 bridgehead atoms. The molecule has 0 radical (unpaired) electrons. The molecule has 1 saturated heterocycles. The molecular weight excluding hydrogens is 789 g/mol. The molecule has 0 aliphatic carbocycles. The smallest absolute Gasteiger partial charge is 0.223 e. The van der Waals surface area contributed by atoms with Crippen molar-refractivity contribution in [3.05, 3.63) is 0 Å². The predicted molar refractivity (Wildman–Crippen MR) is 278 cm³/mol. The zero-order valence-corrected chi connectivity index (χ0v) is 44.2. The fourth-order valence-electron chi connectivity index (χ4n) is 10.2. The van der Waals surface area contributed by atoms with Crippen molar-refractivity contribution in [1.82, 2.24) is 19.6 Å². The molecule has 7 heteroatoms. The van der Waals surface area contributed by atoms with Crippen LogP contribution in [0.4, 0.5) is 0 Å². The molecule has 0 unspecified atom stereocenters. The molecule has 0 spiro atoms. The van der Waals surface area contributed by atoms with Crippen molar-refractivity contribution in [3.63, 3.8) is 0 Å². The monoisotopic (exact) mass is 901 g/mol. The maximum Gasteiger partial charge on any atom is 0.223 e. The number of nitrogens with zero attached hydrogens (tertiary/aromatic N) is 4. The van der Waals surface area contributed by atoms with Crippen LogP contribution in [0.15, 0.2) is 0 Å². The van der Waals surface area contributed by atoms with Crippen LogP contribution in [-0.2, 0) is 14.4 Å². The van der Waals surface area contributed by atoms with Crippen molar-refractivity contribution < 1.29 is 14.4 Å². The summed E-state index contributed by atoms with van der Waals surface area (Å²) in [5.74, 6) is 2.62. The molecule has 1 aliphatic rings. The fourth-order valence-corrected chi connectivity index (χ4v) is 10.2. The average Bonchev–Trinajstić information content (AvgIpc) is 3.83. The summed E-state index contributed by atoms with van der Waals surface area (Å²) in [6, 6.07) is 0. The SMILES string of the molecule is CCCCCCC(CCCCCC)CCCN(C)C(=O)CCCCCCCN(CCCCCCCC(=O)N(C)CCCC(CCCCCC)CCCCCC)C(=O)CCN1CCCC1. The Bertz CT molecular complexity index is 973. The van der Waals surface area contributed by atoms with Crippen LogP contribution in [0.5, 0.6) is 0 Å². The second-order valence-corrected chi connectivity index (χ2v) is 20.8. The number of unbranched alkanes of at least 4 members (excludes halogenated alkanes) is 20. The summed E-state index contributed by atoms with van der Waals surface area (Å²) >= 11 is 0. The van der Waals surface area contributed by atoms with Crippen LogP contribution >= 0.6 is 0 Å². The number of amides is 3. The molecular formula is C57H112N4O3. The van der Waals surface area contributed by atoms with Crippen LogP contribution in [0.1, 0.15) is 278 Å². The van der Waals surface area contributed by atoms with Crippen LogP contribution in [0.2, 0.25) is 0 Å². The van der Waals surface area contributed by atoms with Crippen LogP contribution in [0.3, 0.4) is 0 Å². The molecule has 3 amide bonds. The van der Waals surface area contributed by atoms with Crippen LogP contribution in [-0.4, -0.2) is 97.2 Å². The molecule has 0 aromatic heterocycles. The van der Waals surface area contributed by atoms with Gasteiger partial charge in [-0.25, -0.2) is 0 Å². The Kier molecular flexibility index (Phi) is 41.4. The van der Waals surface area contributed by atoms with E-state index < -0.39 is 0 Å². The second-order valence-electron chi connectivity index (χ2n) is 20.8. The molecule has 0 atom stereocenters. The Balaban J connectivity index is 2.34. The molecule has 1 fully saturated rings. The Labute approximate surface area is 400 Å². The molecule has 64 heavy (non-hydrogen) atoms. The molecule has 0 aromatic rings. The van der Waals surface area contributed by atoms with E-state index in [-0.39, 0.29) is 0 Å². The van der Waals surface area contributed by atoms with Gasteiger partial charge in [0, 0.05) is 66.1 Å². The van der Waals surface area contributed by atoms with E-state index >= 15 is 0 Å². The lowest BCUT2D eigenvalue weighted by Crippen LogP contribution is -2.35. The van der Waals surface area contributed by atoms with E-state index in [9.17, 15) is 14.4 Å². The van der Waals surface area contributed by atoms with Crippen molar-refractivity contribution in [2.45, 2.75) is 278 Å². The highest BCUT2D eigenvalue weighted by atomic mass is 16.2. The van der Waals surface area contributed by atoms with Gasteiger partial charge in [0.2, 0.25) is 17.7 Å². The third-order valence-electron chi connectivity index (χ3n) is 14.8. The molecule has 1 heterocycles. The van der Waals surface area contributed by atoms with Crippen molar-refractivity contribution in [3.8, 4) is 0 Å². The first-order valence-electron chi connectivity index (χ1n) is 28.7. The number of carbonyl (C=O) groups excluding carboxylic acids is 3. The highest BCUT2D eigenvalue weighted by Crippen LogP contribution is 2.25. The van der Waals surface area contributed by atoms with Gasteiger partial charge in [-0.3, -0.25) is 14.4 Å². The highest BCUT2D eigenvalue weighted by Gasteiger charge is 2.18. The second kappa shape index (κ2) is 43.9. The first-order chi connectivity index (χ1) is 31.2. The number of rotatable bonds is 47. The van der Waals surface area contributed by atoms with E-state index in [1.165, 1.54) is 154 Å². The number of hydrogen-bond acceptors (Lipinski definition) is 4. The lowest BCUT2D eigenvalue weighted by atomic mass is 9.90. The Morgan fingerprint density at radius 1 is 0.375 bits per heavy atom. The quantitative estimate of drug-likeness (QED) is 0.0571. The van der Waals surface area contributed by atoms with Crippen LogP contribution in [0, 0.1) is 11.8 Å². The zero-order valence-electron chi connectivity index (χ0n) is 44.2. The van der Waals surface area contributed by atoms with Gasteiger partial charge in [-0.2, -0.15) is 0 Å². The van der Waals surface area contributed by atoms with Gasteiger partial charge in [-0.15, -0.1) is 0 Å². The average molecular weight is 902 g/mol. The number of hydrogen-bond donors (Lipinski definition) is 0. The first kappa shape index (κ1) is 60.4. The number of likely N-dealkylation sites (tertiary alicyclic amines) is 1. The first-order valence-corrected chi connectivity index (χ1v) is 28.7. The normalized spacial score (nSPS) is 13.1. The van der Waals surface area contributed by atoms with Crippen LogP contribution in [0.25, 0.3) is 0 Å². The summed E-state index contributed by atoms with van der Waals surface area (Å²) in [5, 5.41) is 0. The summed E-state index contributed by atoms with van der Waals surface area (Å²) in [4.78, 5) is 47.9. The van der Waals surface area contributed by atoms with Gasteiger partial charge in [0.1, 0.15) is 0 Å². The summed E-state index contributed by atoms with van der Waals surface area (Å²) in [6.45, 7) is 15.9. The molecule has 1 rings (SSSR count). The van der Waals surface area contributed by atoms with Crippen LogP contribution < -0.4 is 0 Å². The lowest BCUT2D eigenvalue weighted by molar-refractivity contribution is -0.132. The predicted octanol–water partition coefficient (Wildman–Crippen LogP) is 15.6. The molecule has 0 N–H and O–H groups in total. The van der Waals surface area contributed by atoms with E-state index in [0.717, 1.165) is 135 Å². The molecule has 0 aromatic carbocycles. The van der Waals surface area contributed by atoms with Crippen molar-refractivity contribution in [2.75, 3.05) is 59.9 Å². The highest BCUT2D eigenvalue weighted by molar-refractivity contribution is 5.76. The van der Waals surface area contributed by atoms with Gasteiger partial charge >= 0.3 is 0 Å².